The maximum absolute atomic E-state index is 11.5. The Kier molecular flexibility index (Phi) is 16.0. The van der Waals surface area contributed by atoms with E-state index in [4.69, 9.17) is 5.73 Å². The van der Waals surface area contributed by atoms with Crippen molar-refractivity contribution in [2.24, 2.45) is 5.73 Å². The van der Waals surface area contributed by atoms with E-state index >= 15 is 0 Å². The summed E-state index contributed by atoms with van der Waals surface area (Å²) in [5, 5.41) is 2.99. The Morgan fingerprint density at radius 1 is 0.800 bits per heavy atom. The molecule has 3 N–H and O–H groups in total. The zero-order valence-electron chi connectivity index (χ0n) is 13.6. The van der Waals surface area contributed by atoms with E-state index in [1.165, 1.54) is 51.4 Å². The number of amides is 1. The Bertz CT molecular complexity index is 207. The molecule has 0 radical (unpaired) electrons. The number of nitrogens with one attached hydrogen (secondary N) is 1. The summed E-state index contributed by atoms with van der Waals surface area (Å²) >= 11 is 0. The first-order chi connectivity index (χ1) is 9.81. The molecule has 0 saturated carbocycles. The molecular weight excluding hydrogens is 248 g/mol. The highest BCUT2D eigenvalue weighted by atomic mass is 16.1. The molecule has 3 nitrogen and oxygen atoms in total. The van der Waals surface area contributed by atoms with Gasteiger partial charge in [-0.05, 0) is 25.8 Å². The zero-order valence-corrected chi connectivity index (χ0v) is 13.6. The molecule has 120 valence electrons. The van der Waals surface area contributed by atoms with Crippen LogP contribution in [0.2, 0.25) is 0 Å². The smallest absolute Gasteiger partial charge is 0.219 e. The monoisotopic (exact) mass is 284 g/mol. The maximum atomic E-state index is 11.5. The van der Waals surface area contributed by atoms with Gasteiger partial charge >= 0.3 is 0 Å². The van der Waals surface area contributed by atoms with Gasteiger partial charge in [-0.25, -0.2) is 0 Å². The predicted octanol–water partition coefficient (Wildman–Crippen LogP) is 4.15. The van der Waals surface area contributed by atoms with Crippen molar-refractivity contribution in [1.29, 1.82) is 0 Å². The molecule has 0 aliphatic rings. The Labute approximate surface area is 126 Å². The third kappa shape index (κ3) is 15.5. The molecule has 0 atom stereocenters. The summed E-state index contributed by atoms with van der Waals surface area (Å²) in [5.74, 6) is 0.223. The second-order valence-corrected chi connectivity index (χ2v) is 5.78. The molecule has 1 amide bonds. The van der Waals surface area contributed by atoms with Crippen LogP contribution < -0.4 is 11.1 Å². The molecule has 0 aromatic heterocycles. The normalized spacial score (nSPS) is 10.7. The average molecular weight is 284 g/mol. The fourth-order valence-electron chi connectivity index (χ4n) is 2.36. The van der Waals surface area contributed by atoms with E-state index < -0.39 is 0 Å². The number of carbonyl (C=O) groups excluding carboxylic acids is 1. The SMILES string of the molecule is CCCCCCCCCCCC(=O)NCCCCCN. The molecule has 20 heavy (non-hydrogen) atoms. The first-order valence-corrected chi connectivity index (χ1v) is 8.78. The van der Waals surface area contributed by atoms with Gasteiger partial charge in [0.25, 0.3) is 0 Å². The van der Waals surface area contributed by atoms with Gasteiger partial charge in [0, 0.05) is 13.0 Å². The van der Waals surface area contributed by atoms with Gasteiger partial charge < -0.3 is 11.1 Å². The minimum absolute atomic E-state index is 0.223. The van der Waals surface area contributed by atoms with Crippen LogP contribution in [0.4, 0.5) is 0 Å². The van der Waals surface area contributed by atoms with E-state index in [9.17, 15) is 4.79 Å². The maximum Gasteiger partial charge on any atom is 0.219 e. The summed E-state index contributed by atoms with van der Waals surface area (Å²) in [6.45, 7) is 3.83. The number of carbonyl (C=O) groups is 1. The fraction of sp³-hybridized carbons (Fsp3) is 0.941. The lowest BCUT2D eigenvalue weighted by atomic mass is 10.1. The van der Waals surface area contributed by atoms with E-state index in [1.807, 2.05) is 0 Å². The molecule has 0 saturated heterocycles. The van der Waals surface area contributed by atoms with Crippen molar-refractivity contribution in [3.63, 3.8) is 0 Å². The molecule has 0 spiro atoms. The van der Waals surface area contributed by atoms with Crippen molar-refractivity contribution in [1.82, 2.24) is 5.32 Å². The van der Waals surface area contributed by atoms with Gasteiger partial charge in [0.15, 0.2) is 0 Å². The van der Waals surface area contributed by atoms with Crippen molar-refractivity contribution in [3.8, 4) is 0 Å². The quantitative estimate of drug-likeness (QED) is 0.444. The minimum atomic E-state index is 0.223. The van der Waals surface area contributed by atoms with Crippen molar-refractivity contribution in [2.45, 2.75) is 90.4 Å². The number of hydrogen-bond donors (Lipinski definition) is 2. The summed E-state index contributed by atoms with van der Waals surface area (Å²) in [6.07, 6.45) is 15.7. The molecular formula is C17H36N2O. The van der Waals surface area contributed by atoms with Crippen LogP contribution in [0.15, 0.2) is 0 Å². The lowest BCUT2D eigenvalue weighted by molar-refractivity contribution is -0.121. The number of nitrogens with two attached hydrogens (primary N) is 1. The van der Waals surface area contributed by atoms with Crippen LogP contribution in [-0.2, 0) is 4.79 Å². The van der Waals surface area contributed by atoms with Crippen LogP contribution in [-0.4, -0.2) is 19.0 Å². The van der Waals surface area contributed by atoms with Gasteiger partial charge in [-0.1, -0.05) is 64.7 Å². The van der Waals surface area contributed by atoms with Crippen molar-refractivity contribution in [2.75, 3.05) is 13.1 Å². The summed E-state index contributed by atoms with van der Waals surface area (Å²) in [4.78, 5) is 11.5. The van der Waals surface area contributed by atoms with Crippen LogP contribution >= 0.6 is 0 Å². The molecule has 0 fully saturated rings. The largest absolute Gasteiger partial charge is 0.356 e. The molecule has 0 heterocycles. The molecule has 0 rings (SSSR count). The van der Waals surface area contributed by atoms with E-state index in [-0.39, 0.29) is 5.91 Å². The minimum Gasteiger partial charge on any atom is -0.356 e. The van der Waals surface area contributed by atoms with Gasteiger partial charge in [0.2, 0.25) is 5.91 Å². The molecule has 3 heteroatoms. The van der Waals surface area contributed by atoms with Crippen LogP contribution in [0.5, 0.6) is 0 Å². The van der Waals surface area contributed by atoms with Crippen molar-refractivity contribution < 1.29 is 4.79 Å². The van der Waals surface area contributed by atoms with Gasteiger partial charge in [0.1, 0.15) is 0 Å². The van der Waals surface area contributed by atoms with Crippen LogP contribution in [0.1, 0.15) is 90.4 Å². The van der Waals surface area contributed by atoms with E-state index in [2.05, 4.69) is 12.2 Å². The van der Waals surface area contributed by atoms with E-state index in [0.29, 0.717) is 6.42 Å². The molecule has 0 aliphatic heterocycles. The summed E-state index contributed by atoms with van der Waals surface area (Å²) in [5.41, 5.74) is 5.42. The third-order valence-corrected chi connectivity index (χ3v) is 3.71. The lowest BCUT2D eigenvalue weighted by Crippen LogP contribution is -2.24. The highest BCUT2D eigenvalue weighted by Crippen LogP contribution is 2.10. The lowest BCUT2D eigenvalue weighted by Gasteiger charge is -2.05. The van der Waals surface area contributed by atoms with Crippen LogP contribution in [0.25, 0.3) is 0 Å². The van der Waals surface area contributed by atoms with Gasteiger partial charge in [-0.3, -0.25) is 4.79 Å². The van der Waals surface area contributed by atoms with Gasteiger partial charge in [-0.2, -0.15) is 0 Å². The second kappa shape index (κ2) is 16.5. The number of unbranched alkanes of at least 4 members (excludes halogenated alkanes) is 10. The summed E-state index contributed by atoms with van der Waals surface area (Å²) in [6, 6.07) is 0. The molecule has 0 unspecified atom stereocenters. The number of rotatable bonds is 15. The molecule has 0 aromatic rings. The average Bonchev–Trinajstić information content (AvgIpc) is 2.45. The van der Waals surface area contributed by atoms with E-state index in [0.717, 1.165) is 38.8 Å². The zero-order chi connectivity index (χ0) is 14.9. The first-order valence-electron chi connectivity index (χ1n) is 8.78. The Balaban J connectivity index is 3.11. The molecule has 0 aromatic carbocycles. The fourth-order valence-corrected chi connectivity index (χ4v) is 2.36. The Morgan fingerprint density at radius 3 is 1.95 bits per heavy atom. The topological polar surface area (TPSA) is 55.1 Å². The second-order valence-electron chi connectivity index (χ2n) is 5.78. The predicted molar refractivity (Wildman–Crippen MR) is 87.8 cm³/mol. The van der Waals surface area contributed by atoms with Crippen molar-refractivity contribution in [3.05, 3.63) is 0 Å². The third-order valence-electron chi connectivity index (χ3n) is 3.71. The standard InChI is InChI=1S/C17H36N2O/c1-2-3-4-5-6-7-8-9-11-14-17(20)19-16-13-10-12-15-18/h2-16,18H2,1H3,(H,19,20). The highest BCUT2D eigenvalue weighted by molar-refractivity contribution is 5.75. The highest BCUT2D eigenvalue weighted by Gasteiger charge is 2.00. The molecule has 0 aliphatic carbocycles. The van der Waals surface area contributed by atoms with Crippen LogP contribution in [0, 0.1) is 0 Å². The van der Waals surface area contributed by atoms with E-state index in [1.54, 1.807) is 0 Å². The first kappa shape index (κ1) is 19.4. The van der Waals surface area contributed by atoms with Gasteiger partial charge in [-0.15, -0.1) is 0 Å². The Morgan fingerprint density at radius 2 is 1.35 bits per heavy atom. The van der Waals surface area contributed by atoms with Gasteiger partial charge in [0.05, 0.1) is 0 Å². The Hall–Kier alpha value is -0.570. The van der Waals surface area contributed by atoms with Crippen molar-refractivity contribution >= 4 is 5.91 Å². The summed E-state index contributed by atoms with van der Waals surface area (Å²) in [7, 11) is 0. The summed E-state index contributed by atoms with van der Waals surface area (Å²) < 4.78 is 0. The molecule has 0 bridgehead atoms. The number of hydrogen-bond acceptors (Lipinski definition) is 2. The van der Waals surface area contributed by atoms with Crippen LogP contribution in [0.3, 0.4) is 0 Å².